The first-order valence-corrected chi connectivity index (χ1v) is 14.8. The van der Waals surface area contributed by atoms with Crippen LogP contribution in [0.5, 0.6) is 5.75 Å². The number of amides is 1. The zero-order valence-electron chi connectivity index (χ0n) is 21.0. The minimum Gasteiger partial charge on any atom is -0.487 e. The van der Waals surface area contributed by atoms with Crippen molar-refractivity contribution in [3.05, 3.63) is 84.6 Å². The minimum absolute atomic E-state index is 0.142. The molecule has 1 atom stereocenters. The van der Waals surface area contributed by atoms with Gasteiger partial charge in [0, 0.05) is 21.8 Å². The zero-order chi connectivity index (χ0) is 26.7. The molecule has 0 fully saturated rings. The average molecular weight is 665 g/mol. The number of benzene rings is 2. The first kappa shape index (κ1) is 28.1. The summed E-state index contributed by atoms with van der Waals surface area (Å²) in [6.07, 6.45) is 6.40. The second-order valence-electron chi connectivity index (χ2n) is 10.1. The Bertz CT molecular complexity index is 1320. The van der Waals surface area contributed by atoms with E-state index < -0.39 is 0 Å². The number of fused-ring (bicyclic) bond motifs is 1. The minimum atomic E-state index is -0.142. The molecule has 0 radical (unpaired) electrons. The third-order valence-corrected chi connectivity index (χ3v) is 9.09. The molecular formula is C29H29Br2ClN2O2S. The molecule has 1 N–H and O–H groups in total. The van der Waals surface area contributed by atoms with E-state index in [1.807, 2.05) is 24.3 Å². The Morgan fingerprint density at radius 2 is 1.92 bits per heavy atom. The molecule has 8 heteroatoms. The average Bonchev–Trinajstić information content (AvgIpc) is 3.21. The Balaban J connectivity index is 1.69. The molecule has 0 spiro atoms. The fourth-order valence-corrected chi connectivity index (χ4v) is 7.28. The molecule has 3 aromatic rings. The number of nitrogens with zero attached hydrogens (tertiary/aromatic N) is 1. The Hall–Kier alpha value is -1.93. The summed E-state index contributed by atoms with van der Waals surface area (Å²) in [6.45, 7) is 11.0. The van der Waals surface area contributed by atoms with Gasteiger partial charge in [-0.15, -0.1) is 11.3 Å². The van der Waals surface area contributed by atoms with Gasteiger partial charge >= 0.3 is 0 Å². The predicted molar refractivity (Wildman–Crippen MR) is 163 cm³/mol. The molecule has 4 rings (SSSR count). The molecule has 1 heterocycles. The molecular weight excluding hydrogens is 636 g/mol. The smallest absolute Gasteiger partial charge is 0.259 e. The molecule has 1 amide bonds. The largest absolute Gasteiger partial charge is 0.487 e. The lowest BCUT2D eigenvalue weighted by atomic mass is 9.72. The van der Waals surface area contributed by atoms with Gasteiger partial charge in [0.2, 0.25) is 0 Å². The summed E-state index contributed by atoms with van der Waals surface area (Å²) in [5, 5.41) is 4.40. The summed E-state index contributed by atoms with van der Waals surface area (Å²) < 4.78 is 7.35. The molecule has 37 heavy (non-hydrogen) atoms. The zero-order valence-corrected chi connectivity index (χ0v) is 25.8. The van der Waals surface area contributed by atoms with E-state index in [2.05, 4.69) is 64.5 Å². The first-order valence-electron chi connectivity index (χ1n) is 12.0. The SMILES string of the molecule is C=CCOc1c(Br)cc(C=Nc2sc3c(c2C(=O)Nc2ccc(Cl)cc2)CC[C@H](C(C)(C)C)C3)cc1Br. The van der Waals surface area contributed by atoms with Gasteiger partial charge in [0.15, 0.2) is 0 Å². The second kappa shape index (κ2) is 11.9. The third kappa shape index (κ3) is 6.75. The van der Waals surface area contributed by atoms with Crippen LogP contribution in [0.15, 0.2) is 63.0 Å². The van der Waals surface area contributed by atoms with E-state index in [4.69, 9.17) is 21.3 Å². The molecule has 1 aromatic heterocycles. The van der Waals surface area contributed by atoms with Crippen molar-refractivity contribution >= 4 is 77.6 Å². The van der Waals surface area contributed by atoms with Crippen LogP contribution >= 0.6 is 54.8 Å². The van der Waals surface area contributed by atoms with E-state index in [1.54, 1.807) is 35.8 Å². The predicted octanol–water partition coefficient (Wildman–Crippen LogP) is 9.65. The number of hydrogen-bond acceptors (Lipinski definition) is 4. The number of carbonyl (C=O) groups excluding carboxylic acids is 1. The van der Waals surface area contributed by atoms with E-state index in [0.29, 0.717) is 34.5 Å². The van der Waals surface area contributed by atoms with E-state index >= 15 is 0 Å². The molecule has 1 aliphatic carbocycles. The van der Waals surface area contributed by atoms with Crippen molar-refractivity contribution in [3.8, 4) is 5.75 Å². The summed E-state index contributed by atoms with van der Waals surface area (Å²) in [7, 11) is 0. The fourth-order valence-electron chi connectivity index (χ4n) is 4.43. The summed E-state index contributed by atoms with van der Waals surface area (Å²) in [6, 6.07) is 11.1. The number of anilines is 1. The summed E-state index contributed by atoms with van der Waals surface area (Å²) >= 11 is 14.8. The Labute approximate surface area is 244 Å². The van der Waals surface area contributed by atoms with Gasteiger partial charge in [0.25, 0.3) is 5.91 Å². The van der Waals surface area contributed by atoms with E-state index in [-0.39, 0.29) is 11.3 Å². The van der Waals surface area contributed by atoms with E-state index in [1.165, 1.54) is 4.88 Å². The lowest BCUT2D eigenvalue weighted by Gasteiger charge is -2.33. The van der Waals surface area contributed by atoms with Crippen molar-refractivity contribution in [1.29, 1.82) is 0 Å². The fraction of sp³-hybridized carbons (Fsp3) is 0.310. The Kier molecular flexibility index (Phi) is 9.00. The number of thiophene rings is 1. The maximum atomic E-state index is 13.5. The van der Waals surface area contributed by atoms with Crippen LogP contribution in [0.25, 0.3) is 0 Å². The molecule has 0 bridgehead atoms. The molecule has 0 aliphatic heterocycles. The summed E-state index contributed by atoms with van der Waals surface area (Å²) in [5.74, 6) is 1.13. The number of carbonyl (C=O) groups is 1. The van der Waals surface area contributed by atoms with Crippen LogP contribution in [0.3, 0.4) is 0 Å². The number of hydrogen-bond donors (Lipinski definition) is 1. The normalized spacial score (nSPS) is 15.5. The van der Waals surface area contributed by atoms with Crippen molar-refractivity contribution in [2.24, 2.45) is 16.3 Å². The quantitative estimate of drug-likeness (QED) is 0.202. The lowest BCUT2D eigenvalue weighted by Crippen LogP contribution is -2.27. The van der Waals surface area contributed by atoms with Gasteiger partial charge < -0.3 is 10.1 Å². The standard InChI is InChI=1S/C29H29Br2ClN2O2S/c1-5-12-36-26-22(30)13-17(14-23(26)31)16-33-28-25(27(35)34-20-9-7-19(32)8-10-20)21-11-6-18(29(2,3)4)15-24(21)37-28/h5,7-10,13-14,16,18H,1,6,11-12,15H2,2-4H3,(H,34,35)/t18-/m0/s1. The van der Waals surface area contributed by atoms with Crippen molar-refractivity contribution in [1.82, 2.24) is 0 Å². The Morgan fingerprint density at radius 1 is 1.24 bits per heavy atom. The second-order valence-corrected chi connectivity index (χ2v) is 13.4. The Morgan fingerprint density at radius 3 is 2.54 bits per heavy atom. The lowest BCUT2D eigenvalue weighted by molar-refractivity contribution is 0.102. The highest BCUT2D eigenvalue weighted by Gasteiger charge is 2.33. The van der Waals surface area contributed by atoms with Crippen LogP contribution in [0.2, 0.25) is 5.02 Å². The molecule has 194 valence electrons. The monoisotopic (exact) mass is 662 g/mol. The van der Waals surface area contributed by atoms with E-state index in [0.717, 1.165) is 44.3 Å². The van der Waals surface area contributed by atoms with Crippen molar-refractivity contribution in [3.63, 3.8) is 0 Å². The highest BCUT2D eigenvalue weighted by molar-refractivity contribution is 9.11. The van der Waals surface area contributed by atoms with Crippen LogP contribution in [-0.4, -0.2) is 18.7 Å². The van der Waals surface area contributed by atoms with Crippen molar-refractivity contribution < 1.29 is 9.53 Å². The van der Waals surface area contributed by atoms with Gasteiger partial charge in [-0.1, -0.05) is 45.0 Å². The summed E-state index contributed by atoms with van der Waals surface area (Å²) in [4.78, 5) is 19.6. The van der Waals surface area contributed by atoms with Crippen LogP contribution in [0, 0.1) is 11.3 Å². The molecule has 0 saturated carbocycles. The van der Waals surface area contributed by atoms with Gasteiger partial charge in [-0.3, -0.25) is 4.79 Å². The number of halogens is 3. The third-order valence-electron chi connectivity index (χ3n) is 6.50. The van der Waals surface area contributed by atoms with Crippen LogP contribution < -0.4 is 10.1 Å². The van der Waals surface area contributed by atoms with Crippen molar-refractivity contribution in [2.75, 3.05) is 11.9 Å². The highest BCUT2D eigenvalue weighted by atomic mass is 79.9. The van der Waals surface area contributed by atoms with Crippen LogP contribution in [0.1, 0.15) is 53.6 Å². The van der Waals surface area contributed by atoms with Gasteiger partial charge in [-0.25, -0.2) is 4.99 Å². The van der Waals surface area contributed by atoms with E-state index in [9.17, 15) is 4.79 Å². The molecule has 0 saturated heterocycles. The number of aliphatic imine (C=N–C) groups is 1. The summed E-state index contributed by atoms with van der Waals surface area (Å²) in [5.41, 5.74) is 3.59. The number of ether oxygens (including phenoxy) is 1. The number of rotatable bonds is 7. The van der Waals surface area contributed by atoms with Crippen molar-refractivity contribution in [2.45, 2.75) is 40.0 Å². The van der Waals surface area contributed by atoms with Gasteiger partial charge in [-0.05, 0) is 110 Å². The maximum Gasteiger partial charge on any atom is 0.259 e. The molecule has 1 aliphatic rings. The van der Waals surface area contributed by atoms with Gasteiger partial charge in [0.1, 0.15) is 17.4 Å². The number of nitrogens with one attached hydrogen (secondary N) is 1. The van der Waals surface area contributed by atoms with Gasteiger partial charge in [-0.2, -0.15) is 0 Å². The topological polar surface area (TPSA) is 50.7 Å². The first-order chi connectivity index (χ1) is 17.6. The molecule has 0 unspecified atom stereocenters. The molecule has 4 nitrogen and oxygen atoms in total. The van der Waals surface area contributed by atoms with Gasteiger partial charge in [0.05, 0.1) is 14.5 Å². The highest BCUT2D eigenvalue weighted by Crippen LogP contribution is 2.45. The maximum absolute atomic E-state index is 13.5. The molecule has 2 aromatic carbocycles. The van der Waals surface area contributed by atoms with Crippen LogP contribution in [0.4, 0.5) is 10.7 Å². The van der Waals surface area contributed by atoms with Crippen LogP contribution in [-0.2, 0) is 12.8 Å².